The van der Waals surface area contributed by atoms with Crippen LogP contribution in [0.1, 0.15) is 33.6 Å². The smallest absolute Gasteiger partial charge is 0.387 e. The number of benzene rings is 2. The van der Waals surface area contributed by atoms with Gasteiger partial charge in [0.1, 0.15) is 5.56 Å². The molecule has 0 aromatic heterocycles. The van der Waals surface area contributed by atoms with E-state index in [9.17, 15) is 28.5 Å². The molecule has 0 aliphatic heterocycles. The molecule has 0 unspecified atom stereocenters. The van der Waals surface area contributed by atoms with E-state index in [0.717, 1.165) is 26.0 Å². The number of nitro groups is 1. The number of anilines is 1. The van der Waals surface area contributed by atoms with E-state index in [2.05, 4.69) is 15.4 Å². The van der Waals surface area contributed by atoms with Crippen molar-refractivity contribution in [1.82, 2.24) is 5.32 Å². The molecule has 11 heteroatoms. The molecule has 2 amide bonds. The fourth-order valence-electron chi connectivity index (χ4n) is 2.66. The number of alkyl halides is 2. The highest BCUT2D eigenvalue weighted by Gasteiger charge is 2.27. The number of nitrogens with one attached hydrogen (secondary N) is 2. The minimum Gasteiger partial charge on any atom is -0.493 e. The number of ether oxygens (including phenoxy) is 2. The van der Waals surface area contributed by atoms with Crippen LogP contribution in [-0.4, -0.2) is 36.5 Å². The van der Waals surface area contributed by atoms with Crippen molar-refractivity contribution in [3.63, 3.8) is 0 Å². The van der Waals surface area contributed by atoms with Gasteiger partial charge in [-0.15, -0.1) is 0 Å². The van der Waals surface area contributed by atoms with Crippen LogP contribution in [0.25, 0.3) is 0 Å². The largest absolute Gasteiger partial charge is 0.493 e. The summed E-state index contributed by atoms with van der Waals surface area (Å²) in [7, 11) is 1.14. The van der Waals surface area contributed by atoms with Gasteiger partial charge >= 0.3 is 6.61 Å². The summed E-state index contributed by atoms with van der Waals surface area (Å²) in [6.07, 6.45) is 1.83. The van der Waals surface area contributed by atoms with Crippen LogP contribution in [0.5, 0.6) is 11.5 Å². The molecule has 1 saturated carbocycles. The average Bonchev–Trinajstić information content (AvgIpc) is 3.51. The van der Waals surface area contributed by atoms with Crippen LogP contribution < -0.4 is 20.1 Å². The summed E-state index contributed by atoms with van der Waals surface area (Å²) in [6.45, 7) is -3.23. The van der Waals surface area contributed by atoms with Gasteiger partial charge in [0.2, 0.25) is 0 Å². The maximum Gasteiger partial charge on any atom is 0.387 e. The van der Waals surface area contributed by atoms with Gasteiger partial charge in [0.25, 0.3) is 17.5 Å². The van der Waals surface area contributed by atoms with E-state index in [1.807, 2.05) is 0 Å². The number of halogens is 2. The molecular weight excluding hydrogens is 404 g/mol. The van der Waals surface area contributed by atoms with Crippen molar-refractivity contribution in [2.75, 3.05) is 12.4 Å². The standard InChI is InChI=1S/C19H17F2N3O6/c1-29-15-8-13(14(24(27)28)9-16(15)30-19(20)21)18(26)23-12-4-2-3-10(7-12)17(25)22-11-5-6-11/h2-4,7-9,11,19H,5-6H2,1H3,(H,22,25)(H,23,26). The van der Waals surface area contributed by atoms with Crippen molar-refractivity contribution in [3.05, 3.63) is 57.6 Å². The lowest BCUT2D eigenvalue weighted by molar-refractivity contribution is -0.385. The third-order valence-electron chi connectivity index (χ3n) is 4.23. The monoisotopic (exact) mass is 421 g/mol. The van der Waals surface area contributed by atoms with Gasteiger partial charge in [0.15, 0.2) is 11.5 Å². The number of hydrogen-bond acceptors (Lipinski definition) is 6. The van der Waals surface area contributed by atoms with Crippen LogP contribution in [0, 0.1) is 10.1 Å². The van der Waals surface area contributed by atoms with Gasteiger partial charge in [-0.05, 0) is 31.0 Å². The van der Waals surface area contributed by atoms with E-state index in [-0.39, 0.29) is 23.4 Å². The number of carbonyl (C=O) groups excluding carboxylic acids is 2. The van der Waals surface area contributed by atoms with E-state index in [4.69, 9.17) is 4.74 Å². The fraction of sp³-hybridized carbons (Fsp3) is 0.263. The molecule has 1 fully saturated rings. The third kappa shape index (κ3) is 4.99. The van der Waals surface area contributed by atoms with Crippen LogP contribution in [0.4, 0.5) is 20.2 Å². The summed E-state index contributed by atoms with van der Waals surface area (Å²) in [4.78, 5) is 35.3. The number of hydrogen-bond donors (Lipinski definition) is 2. The molecule has 2 N–H and O–H groups in total. The number of nitrogens with zero attached hydrogens (tertiary/aromatic N) is 1. The van der Waals surface area contributed by atoms with Crippen molar-refractivity contribution in [3.8, 4) is 11.5 Å². The molecule has 0 saturated heterocycles. The molecule has 0 radical (unpaired) electrons. The first kappa shape index (κ1) is 21.0. The van der Waals surface area contributed by atoms with Gasteiger partial charge in [-0.25, -0.2) is 0 Å². The van der Waals surface area contributed by atoms with Gasteiger partial charge in [0, 0.05) is 23.4 Å². The van der Waals surface area contributed by atoms with Crippen LogP contribution in [0.2, 0.25) is 0 Å². The quantitative estimate of drug-likeness (QED) is 0.498. The van der Waals surface area contributed by atoms with Crippen LogP contribution >= 0.6 is 0 Å². The Morgan fingerprint density at radius 3 is 2.50 bits per heavy atom. The second-order valence-corrected chi connectivity index (χ2v) is 6.44. The van der Waals surface area contributed by atoms with Crippen LogP contribution in [0.3, 0.4) is 0 Å². The van der Waals surface area contributed by atoms with Gasteiger partial charge in [-0.2, -0.15) is 8.78 Å². The number of nitro benzene ring substituents is 1. The molecule has 1 aliphatic rings. The molecule has 0 bridgehead atoms. The topological polar surface area (TPSA) is 120 Å². The van der Waals surface area contributed by atoms with E-state index in [0.29, 0.717) is 11.6 Å². The van der Waals surface area contributed by atoms with Crippen LogP contribution in [0.15, 0.2) is 36.4 Å². The number of rotatable bonds is 8. The molecule has 30 heavy (non-hydrogen) atoms. The second-order valence-electron chi connectivity index (χ2n) is 6.44. The predicted octanol–water partition coefficient (Wildman–Crippen LogP) is 3.35. The normalized spacial score (nSPS) is 12.9. The first-order chi connectivity index (χ1) is 14.3. The maximum absolute atomic E-state index is 12.6. The first-order valence-corrected chi connectivity index (χ1v) is 8.82. The van der Waals surface area contributed by atoms with E-state index in [1.165, 1.54) is 12.1 Å². The van der Waals surface area contributed by atoms with Crippen molar-refractivity contribution in [1.29, 1.82) is 0 Å². The minimum atomic E-state index is -3.23. The molecule has 1 aliphatic carbocycles. The lowest BCUT2D eigenvalue weighted by atomic mass is 10.1. The summed E-state index contributed by atoms with van der Waals surface area (Å²) in [5, 5.41) is 16.6. The highest BCUT2D eigenvalue weighted by molar-refractivity contribution is 6.08. The molecule has 0 heterocycles. The number of amides is 2. The van der Waals surface area contributed by atoms with Crippen molar-refractivity contribution in [2.24, 2.45) is 0 Å². The summed E-state index contributed by atoms with van der Waals surface area (Å²) in [5.74, 6) is -2.03. The third-order valence-corrected chi connectivity index (χ3v) is 4.23. The Kier molecular flexibility index (Phi) is 6.09. The Bertz CT molecular complexity index is 994. The summed E-state index contributed by atoms with van der Waals surface area (Å²) in [5.41, 5.74) is -0.630. The van der Waals surface area contributed by atoms with Gasteiger partial charge in [-0.1, -0.05) is 6.07 Å². The highest BCUT2D eigenvalue weighted by atomic mass is 19.3. The van der Waals surface area contributed by atoms with Gasteiger partial charge < -0.3 is 20.1 Å². The lowest BCUT2D eigenvalue weighted by Crippen LogP contribution is -2.25. The molecule has 0 atom stereocenters. The molecular formula is C19H17F2N3O6. The fourth-order valence-corrected chi connectivity index (χ4v) is 2.66. The Balaban J connectivity index is 1.87. The summed E-state index contributed by atoms with van der Waals surface area (Å²) in [6, 6.07) is 7.82. The van der Waals surface area contributed by atoms with Gasteiger partial charge in [0.05, 0.1) is 18.1 Å². The lowest BCUT2D eigenvalue weighted by Gasteiger charge is -2.12. The Labute approximate surface area is 169 Å². The summed E-state index contributed by atoms with van der Waals surface area (Å²) < 4.78 is 34.2. The van der Waals surface area contributed by atoms with Crippen molar-refractivity contribution >= 4 is 23.2 Å². The molecule has 9 nitrogen and oxygen atoms in total. The SMILES string of the molecule is COc1cc(C(=O)Nc2cccc(C(=O)NC3CC3)c2)c([N+](=O)[O-])cc1OC(F)F. The second kappa shape index (κ2) is 8.72. The molecule has 0 spiro atoms. The number of methoxy groups -OCH3 is 1. The average molecular weight is 421 g/mol. The van der Waals surface area contributed by atoms with E-state index >= 15 is 0 Å². The molecule has 3 rings (SSSR count). The Hall–Kier alpha value is -3.76. The van der Waals surface area contributed by atoms with E-state index < -0.39 is 34.4 Å². The summed E-state index contributed by atoms with van der Waals surface area (Å²) >= 11 is 0. The molecule has 2 aromatic carbocycles. The number of carbonyl (C=O) groups is 2. The zero-order valence-corrected chi connectivity index (χ0v) is 15.7. The van der Waals surface area contributed by atoms with Crippen molar-refractivity contribution < 1.29 is 32.8 Å². The van der Waals surface area contributed by atoms with Crippen molar-refractivity contribution in [2.45, 2.75) is 25.5 Å². The molecule has 2 aromatic rings. The Morgan fingerprint density at radius 2 is 1.90 bits per heavy atom. The highest BCUT2D eigenvalue weighted by Crippen LogP contribution is 2.36. The molecule has 158 valence electrons. The predicted molar refractivity (Wildman–Crippen MR) is 101 cm³/mol. The first-order valence-electron chi connectivity index (χ1n) is 8.82. The zero-order valence-electron chi connectivity index (χ0n) is 15.7. The Morgan fingerprint density at radius 1 is 1.17 bits per heavy atom. The zero-order chi connectivity index (χ0) is 21.8. The maximum atomic E-state index is 12.6. The van der Waals surface area contributed by atoms with Gasteiger partial charge in [-0.3, -0.25) is 19.7 Å². The van der Waals surface area contributed by atoms with Crippen LogP contribution in [-0.2, 0) is 0 Å². The van der Waals surface area contributed by atoms with E-state index in [1.54, 1.807) is 12.1 Å². The minimum absolute atomic E-state index is 0.153.